The zero-order chi connectivity index (χ0) is 7.61. The third kappa shape index (κ3) is 2.72. The Bertz CT molecular complexity index is 148. The predicted octanol–water partition coefficient (Wildman–Crippen LogP) is 3.20. The molecule has 1 aliphatic rings. The van der Waals surface area contributed by atoms with E-state index >= 15 is 0 Å². The van der Waals surface area contributed by atoms with Crippen LogP contribution in [0.4, 0.5) is 0 Å². The first-order chi connectivity index (χ1) is 4.58. The summed E-state index contributed by atoms with van der Waals surface area (Å²) in [5.41, 5.74) is 0. The molecule has 10 heavy (non-hydrogen) atoms. The van der Waals surface area contributed by atoms with Gasteiger partial charge >= 0.3 is 69.2 Å². The second-order valence-corrected chi connectivity index (χ2v) is 6.29. The van der Waals surface area contributed by atoms with E-state index in [2.05, 4.69) is 45.1 Å². The van der Waals surface area contributed by atoms with Crippen molar-refractivity contribution in [3.8, 4) is 0 Å². The zero-order valence-corrected chi connectivity index (χ0v) is 7.95. The van der Waals surface area contributed by atoms with Crippen LogP contribution in [0, 0.1) is 0 Å². The quantitative estimate of drug-likeness (QED) is 0.539. The molecule has 0 unspecified atom stereocenters. The number of rotatable bonds is 1. The molecule has 0 N–H and O–H groups in total. The van der Waals surface area contributed by atoms with Crippen molar-refractivity contribution in [2.45, 2.75) is 29.9 Å². The van der Waals surface area contributed by atoms with Crippen LogP contribution in [0.25, 0.3) is 0 Å². The molecule has 0 aromatic carbocycles. The molecule has 1 aliphatic carbocycles. The van der Waals surface area contributed by atoms with E-state index in [1.807, 2.05) is 0 Å². The summed E-state index contributed by atoms with van der Waals surface area (Å²) in [5, 5.41) is 0. The van der Waals surface area contributed by atoms with Gasteiger partial charge in [-0.1, -0.05) is 0 Å². The molecule has 1 rings (SSSR count). The summed E-state index contributed by atoms with van der Waals surface area (Å²) in [7, 11) is 0. The van der Waals surface area contributed by atoms with Gasteiger partial charge in [0.1, 0.15) is 0 Å². The third-order valence-corrected chi connectivity index (χ3v) is 3.02. The van der Waals surface area contributed by atoms with E-state index in [1.165, 1.54) is 0 Å². The Morgan fingerprint density at radius 3 is 2.00 bits per heavy atom. The summed E-state index contributed by atoms with van der Waals surface area (Å²) in [6, 6.07) is 0. The van der Waals surface area contributed by atoms with Gasteiger partial charge in [-0.05, 0) is 0 Å². The van der Waals surface area contributed by atoms with Gasteiger partial charge in [0.25, 0.3) is 0 Å². The number of hydrogen-bond acceptors (Lipinski definition) is 0. The fourth-order valence-corrected chi connectivity index (χ4v) is 2.53. The minimum absolute atomic E-state index is 0.493. The summed E-state index contributed by atoms with van der Waals surface area (Å²) in [6.07, 6.45) is 8.85. The second kappa shape index (κ2) is 2.94. The normalized spacial score (nSPS) is 18.7. The van der Waals surface area contributed by atoms with Gasteiger partial charge in [0.2, 0.25) is 0 Å². The van der Waals surface area contributed by atoms with Crippen LogP contribution in [-0.2, 0) is 15.0 Å². The molecule has 0 heterocycles. The Morgan fingerprint density at radius 2 is 1.60 bits per heavy atom. The van der Waals surface area contributed by atoms with Crippen molar-refractivity contribution in [3.63, 3.8) is 0 Å². The van der Waals surface area contributed by atoms with Gasteiger partial charge < -0.3 is 0 Å². The van der Waals surface area contributed by atoms with Crippen molar-refractivity contribution in [1.29, 1.82) is 0 Å². The maximum atomic E-state index is 2.30. The van der Waals surface area contributed by atoms with E-state index in [-0.39, 0.29) is 0 Å². The van der Waals surface area contributed by atoms with Crippen LogP contribution < -0.4 is 0 Å². The van der Waals surface area contributed by atoms with Crippen LogP contribution in [0.2, 0.25) is 9.13 Å². The Kier molecular flexibility index (Phi) is 2.38. The molecule has 0 amide bonds. The van der Waals surface area contributed by atoms with Crippen LogP contribution in [0.3, 0.4) is 0 Å². The molecule has 0 aliphatic heterocycles. The summed E-state index contributed by atoms with van der Waals surface area (Å²) < 4.78 is 0.493. The first-order valence-electron chi connectivity index (χ1n) is 3.57. The molecule has 0 spiro atoms. The van der Waals surface area contributed by atoms with Crippen LogP contribution >= 0.6 is 0 Å². The molecule has 0 fully saturated rings. The average Bonchev–Trinajstić information content (AvgIpc) is 2.12. The third-order valence-electron chi connectivity index (χ3n) is 1.15. The molecule has 0 saturated heterocycles. The van der Waals surface area contributed by atoms with Crippen LogP contribution in [-0.4, -0.2) is 0 Å². The van der Waals surface area contributed by atoms with Gasteiger partial charge in [-0.15, -0.1) is 0 Å². The van der Waals surface area contributed by atoms with Crippen molar-refractivity contribution in [1.82, 2.24) is 0 Å². The molecule has 0 atom stereocenters. The van der Waals surface area contributed by atoms with Crippen molar-refractivity contribution >= 4 is 0 Å². The van der Waals surface area contributed by atoms with Crippen LogP contribution in [0.1, 0.15) is 20.8 Å². The Morgan fingerprint density at radius 1 is 1.10 bits per heavy atom. The fourth-order valence-electron chi connectivity index (χ4n) is 0.855. The molecule has 57 valence electrons. The zero-order valence-electron chi connectivity index (χ0n) is 6.76. The van der Waals surface area contributed by atoms with Gasteiger partial charge in [-0.2, -0.15) is 0 Å². The fraction of sp³-hybridized carbons (Fsp3) is 0.556. The standard InChI is InChI=1S/C5H5.C4H9.Mn/c1-2-4-5-3-1;1-4(2)3;/h1-5H;1-3H3;. The van der Waals surface area contributed by atoms with Crippen LogP contribution in [0.15, 0.2) is 24.3 Å². The molecule has 0 aromatic rings. The summed E-state index contributed by atoms with van der Waals surface area (Å²) in [6.45, 7) is 6.90. The van der Waals surface area contributed by atoms with Gasteiger partial charge in [0.15, 0.2) is 0 Å². The Hall–Kier alpha value is -0.000519. The second-order valence-electron chi connectivity index (χ2n) is 3.39. The van der Waals surface area contributed by atoms with E-state index in [9.17, 15) is 0 Å². The molecule has 0 nitrogen and oxygen atoms in total. The molecule has 0 radical (unpaired) electrons. The molecule has 0 saturated carbocycles. The van der Waals surface area contributed by atoms with Crippen molar-refractivity contribution in [2.75, 3.05) is 0 Å². The molecule has 0 bridgehead atoms. The summed E-state index contributed by atoms with van der Waals surface area (Å²) >= 11 is 0.991. The Balaban J connectivity index is 2.40. The topological polar surface area (TPSA) is 0 Å². The van der Waals surface area contributed by atoms with Gasteiger partial charge in [0.05, 0.1) is 0 Å². The van der Waals surface area contributed by atoms with Crippen molar-refractivity contribution in [2.24, 2.45) is 0 Å². The van der Waals surface area contributed by atoms with E-state index in [0.717, 1.165) is 19.8 Å². The van der Waals surface area contributed by atoms with E-state index in [0.29, 0.717) is 4.31 Å². The summed E-state index contributed by atoms with van der Waals surface area (Å²) in [5.74, 6) is 0. The van der Waals surface area contributed by atoms with Crippen LogP contribution in [0.5, 0.6) is 0 Å². The van der Waals surface area contributed by atoms with E-state index < -0.39 is 0 Å². The van der Waals surface area contributed by atoms with Gasteiger partial charge in [0, 0.05) is 0 Å². The average molecular weight is 177 g/mol. The molecule has 0 aromatic heterocycles. The Labute approximate surface area is 69.6 Å². The number of allylic oxidation sites excluding steroid dienone is 4. The molecular weight excluding hydrogens is 163 g/mol. The SMILES string of the molecule is C[C](C)(C)[Mn][CH]1C=CC=C1. The van der Waals surface area contributed by atoms with E-state index in [4.69, 9.17) is 0 Å². The van der Waals surface area contributed by atoms with Crippen molar-refractivity contribution in [3.05, 3.63) is 24.3 Å². The molecule has 1 heteroatoms. The number of hydrogen-bond donors (Lipinski definition) is 0. The monoisotopic (exact) mass is 177 g/mol. The predicted molar refractivity (Wildman–Crippen MR) is 41.7 cm³/mol. The van der Waals surface area contributed by atoms with Gasteiger partial charge in [-0.25, -0.2) is 0 Å². The summed E-state index contributed by atoms with van der Waals surface area (Å²) in [4.78, 5) is 0.726. The van der Waals surface area contributed by atoms with Gasteiger partial charge in [-0.3, -0.25) is 0 Å². The maximum absolute atomic E-state index is 2.30. The van der Waals surface area contributed by atoms with E-state index in [1.54, 1.807) is 0 Å². The molecular formula is C9H14Mn. The minimum atomic E-state index is 0.493. The first kappa shape index (κ1) is 8.10. The first-order valence-corrected chi connectivity index (χ1v) is 4.85. The van der Waals surface area contributed by atoms with Crippen molar-refractivity contribution < 1.29 is 15.0 Å².